The third-order valence-electron chi connectivity index (χ3n) is 3.81. The van der Waals surface area contributed by atoms with E-state index in [0.717, 1.165) is 25.0 Å². The highest BCUT2D eigenvalue weighted by atomic mass is 35.5. The molecule has 6 nitrogen and oxygen atoms in total. The summed E-state index contributed by atoms with van der Waals surface area (Å²) in [7, 11) is 0. The number of thiazole rings is 1. The van der Waals surface area contributed by atoms with Gasteiger partial charge in [-0.1, -0.05) is 18.5 Å². The largest absolute Gasteiger partial charge is 0.298 e. The lowest BCUT2D eigenvalue weighted by molar-refractivity contribution is -0.385. The number of aryl methyl sites for hydroxylation is 1. The molecule has 23 heavy (non-hydrogen) atoms. The van der Waals surface area contributed by atoms with Crippen molar-refractivity contribution >= 4 is 39.7 Å². The van der Waals surface area contributed by atoms with E-state index in [1.165, 1.54) is 34.4 Å². The molecule has 0 saturated heterocycles. The number of aromatic nitrogens is 1. The third kappa shape index (κ3) is 3.35. The van der Waals surface area contributed by atoms with Crippen LogP contribution in [0.1, 0.15) is 34.3 Å². The molecule has 1 aromatic carbocycles. The van der Waals surface area contributed by atoms with E-state index in [0.29, 0.717) is 11.0 Å². The van der Waals surface area contributed by atoms with E-state index in [9.17, 15) is 14.9 Å². The van der Waals surface area contributed by atoms with Gasteiger partial charge in [0, 0.05) is 16.0 Å². The highest BCUT2D eigenvalue weighted by molar-refractivity contribution is 7.15. The molecule has 0 spiro atoms. The summed E-state index contributed by atoms with van der Waals surface area (Å²) in [6.07, 6.45) is 2.95. The number of halogens is 1. The summed E-state index contributed by atoms with van der Waals surface area (Å²) in [6.45, 7) is 2.19. The maximum absolute atomic E-state index is 12.4. The lowest BCUT2D eigenvalue weighted by atomic mass is 9.93. The molecule has 1 amide bonds. The zero-order valence-electron chi connectivity index (χ0n) is 12.3. The lowest BCUT2D eigenvalue weighted by Gasteiger charge is -2.15. The number of nitro groups is 1. The number of fused-ring (bicyclic) bond motifs is 1. The number of hydrogen-bond donors (Lipinski definition) is 1. The van der Waals surface area contributed by atoms with Crippen LogP contribution in [0.2, 0.25) is 5.02 Å². The summed E-state index contributed by atoms with van der Waals surface area (Å²) in [5.41, 5.74) is 0.676. The Kier molecular flexibility index (Phi) is 4.32. The Morgan fingerprint density at radius 2 is 2.30 bits per heavy atom. The van der Waals surface area contributed by atoms with Crippen LogP contribution in [0.25, 0.3) is 0 Å². The van der Waals surface area contributed by atoms with Gasteiger partial charge in [-0.2, -0.15) is 0 Å². The fourth-order valence-electron chi connectivity index (χ4n) is 2.61. The van der Waals surface area contributed by atoms with Crippen LogP contribution in [-0.2, 0) is 12.8 Å². The van der Waals surface area contributed by atoms with Crippen LogP contribution in [0.4, 0.5) is 10.8 Å². The van der Waals surface area contributed by atoms with Crippen LogP contribution in [-0.4, -0.2) is 15.8 Å². The van der Waals surface area contributed by atoms with Crippen molar-refractivity contribution in [1.29, 1.82) is 0 Å². The van der Waals surface area contributed by atoms with E-state index in [-0.39, 0.29) is 16.3 Å². The monoisotopic (exact) mass is 351 g/mol. The first kappa shape index (κ1) is 15.9. The van der Waals surface area contributed by atoms with E-state index in [2.05, 4.69) is 17.2 Å². The predicted octanol–water partition coefficient (Wildman–Crippen LogP) is 4.08. The Balaban J connectivity index is 1.85. The average molecular weight is 352 g/mol. The first-order valence-electron chi connectivity index (χ1n) is 7.18. The number of benzene rings is 1. The fourth-order valence-corrected chi connectivity index (χ4v) is 3.95. The number of nitro benzene ring substituents is 1. The molecule has 8 heteroatoms. The Morgan fingerprint density at radius 3 is 3.04 bits per heavy atom. The highest BCUT2D eigenvalue weighted by Gasteiger charge is 2.24. The molecule has 0 bridgehead atoms. The number of carbonyl (C=O) groups excluding carboxylic acids is 1. The summed E-state index contributed by atoms with van der Waals surface area (Å²) in [5, 5.41) is 14.5. The van der Waals surface area contributed by atoms with Gasteiger partial charge in [0.25, 0.3) is 11.6 Å². The standard InChI is InChI=1S/C15H14ClN3O3S/c1-8-2-4-11-13(6-8)23-15(17-11)18-14(20)10-7-9(16)3-5-12(10)19(21)22/h3,5,7-8H,2,4,6H2,1H3,(H,17,18,20)/t8-/m1/s1. The summed E-state index contributed by atoms with van der Waals surface area (Å²) in [5.74, 6) is 0.0406. The van der Waals surface area contributed by atoms with Gasteiger partial charge in [-0.25, -0.2) is 4.98 Å². The van der Waals surface area contributed by atoms with Crippen LogP contribution in [0.5, 0.6) is 0 Å². The molecular formula is C15H14ClN3O3S. The predicted molar refractivity (Wildman–Crippen MR) is 89.4 cm³/mol. The molecule has 3 rings (SSSR count). The first-order valence-corrected chi connectivity index (χ1v) is 8.37. The first-order chi connectivity index (χ1) is 10.9. The second-order valence-electron chi connectivity index (χ2n) is 5.61. The number of nitrogens with zero attached hydrogens (tertiary/aromatic N) is 2. The highest BCUT2D eigenvalue weighted by Crippen LogP contribution is 2.32. The molecule has 1 heterocycles. The van der Waals surface area contributed by atoms with E-state index in [1.54, 1.807) is 0 Å². The number of hydrogen-bond acceptors (Lipinski definition) is 5. The van der Waals surface area contributed by atoms with Gasteiger partial charge < -0.3 is 0 Å². The number of nitrogens with one attached hydrogen (secondary N) is 1. The number of amides is 1. The van der Waals surface area contributed by atoms with Crippen molar-refractivity contribution in [2.75, 3.05) is 5.32 Å². The lowest BCUT2D eigenvalue weighted by Crippen LogP contribution is -2.14. The third-order valence-corrected chi connectivity index (χ3v) is 5.08. The zero-order chi connectivity index (χ0) is 16.6. The Hall–Kier alpha value is -1.99. The molecule has 0 unspecified atom stereocenters. The molecule has 1 aliphatic carbocycles. The van der Waals surface area contributed by atoms with Gasteiger partial charge in [-0.05, 0) is 37.3 Å². The van der Waals surface area contributed by atoms with E-state index < -0.39 is 10.8 Å². The minimum atomic E-state index is -0.597. The minimum Gasteiger partial charge on any atom is -0.298 e. The second-order valence-corrected chi connectivity index (χ2v) is 7.13. The molecule has 2 aromatic rings. The van der Waals surface area contributed by atoms with E-state index in [4.69, 9.17) is 11.6 Å². The van der Waals surface area contributed by atoms with Gasteiger partial charge >= 0.3 is 0 Å². The molecule has 1 N–H and O–H groups in total. The SMILES string of the molecule is C[C@@H]1CCc2nc(NC(=O)c3cc(Cl)ccc3[N+](=O)[O-])sc2C1. The van der Waals surface area contributed by atoms with Crippen molar-refractivity contribution in [3.05, 3.63) is 49.5 Å². The van der Waals surface area contributed by atoms with Crippen LogP contribution in [0, 0.1) is 16.0 Å². The topological polar surface area (TPSA) is 85.1 Å². The van der Waals surface area contributed by atoms with Crippen molar-refractivity contribution in [3.63, 3.8) is 0 Å². The second kappa shape index (κ2) is 6.25. The molecule has 1 aliphatic rings. The molecule has 1 atom stereocenters. The van der Waals surface area contributed by atoms with Gasteiger partial charge in [0.05, 0.1) is 10.6 Å². The summed E-state index contributed by atoms with van der Waals surface area (Å²) < 4.78 is 0. The summed E-state index contributed by atoms with van der Waals surface area (Å²) >= 11 is 7.29. The summed E-state index contributed by atoms with van der Waals surface area (Å²) in [4.78, 5) is 28.4. The average Bonchev–Trinajstić information content (AvgIpc) is 2.88. The molecular weight excluding hydrogens is 338 g/mol. The van der Waals surface area contributed by atoms with Crippen LogP contribution < -0.4 is 5.32 Å². The van der Waals surface area contributed by atoms with E-state index in [1.807, 2.05) is 0 Å². The minimum absolute atomic E-state index is 0.0657. The molecule has 120 valence electrons. The van der Waals surface area contributed by atoms with Crippen molar-refractivity contribution in [2.45, 2.75) is 26.2 Å². The van der Waals surface area contributed by atoms with Crippen molar-refractivity contribution in [2.24, 2.45) is 5.92 Å². The van der Waals surface area contributed by atoms with Gasteiger partial charge in [-0.3, -0.25) is 20.2 Å². The fraction of sp³-hybridized carbons (Fsp3) is 0.333. The van der Waals surface area contributed by atoms with Crippen LogP contribution in [0.3, 0.4) is 0 Å². The van der Waals surface area contributed by atoms with Crippen molar-refractivity contribution < 1.29 is 9.72 Å². The summed E-state index contributed by atoms with van der Waals surface area (Å²) in [6, 6.07) is 3.91. The smallest absolute Gasteiger partial charge is 0.282 e. The van der Waals surface area contributed by atoms with Gasteiger partial charge in [0.1, 0.15) is 5.56 Å². The van der Waals surface area contributed by atoms with Crippen LogP contribution in [0.15, 0.2) is 18.2 Å². The zero-order valence-corrected chi connectivity index (χ0v) is 13.9. The van der Waals surface area contributed by atoms with Gasteiger partial charge in [0.2, 0.25) is 0 Å². The van der Waals surface area contributed by atoms with Crippen molar-refractivity contribution in [3.8, 4) is 0 Å². The number of carbonyl (C=O) groups is 1. The maximum atomic E-state index is 12.4. The molecule has 0 aliphatic heterocycles. The molecule has 0 fully saturated rings. The molecule has 0 saturated carbocycles. The Bertz CT molecular complexity index is 790. The molecule has 0 radical (unpaired) electrons. The van der Waals surface area contributed by atoms with Crippen molar-refractivity contribution in [1.82, 2.24) is 4.98 Å². The van der Waals surface area contributed by atoms with Gasteiger partial charge in [0.15, 0.2) is 5.13 Å². The van der Waals surface area contributed by atoms with Gasteiger partial charge in [-0.15, -0.1) is 11.3 Å². The maximum Gasteiger partial charge on any atom is 0.282 e. The normalized spacial score (nSPS) is 16.7. The number of anilines is 1. The van der Waals surface area contributed by atoms with Crippen LogP contribution >= 0.6 is 22.9 Å². The Morgan fingerprint density at radius 1 is 1.52 bits per heavy atom. The molecule has 1 aromatic heterocycles. The van der Waals surface area contributed by atoms with E-state index >= 15 is 0 Å². The quantitative estimate of drug-likeness (QED) is 0.666. The number of rotatable bonds is 3. The Labute approximate surface area is 141 Å².